The Morgan fingerprint density at radius 1 is 1.23 bits per heavy atom. The summed E-state index contributed by atoms with van der Waals surface area (Å²) >= 11 is 0. The Balaban J connectivity index is 1.98. The van der Waals surface area contributed by atoms with E-state index in [1.165, 1.54) is 0 Å². The topological polar surface area (TPSA) is 87.7 Å². The maximum Gasteiger partial charge on any atom is 0.303 e. The number of carboxylic acids is 1. The van der Waals surface area contributed by atoms with Crippen molar-refractivity contribution in [3.8, 4) is 23.1 Å². The number of rotatable bonds is 4. The van der Waals surface area contributed by atoms with Crippen molar-refractivity contribution in [2.24, 2.45) is 0 Å². The van der Waals surface area contributed by atoms with Gasteiger partial charge in [0.1, 0.15) is 6.61 Å². The van der Waals surface area contributed by atoms with Gasteiger partial charge in [-0.2, -0.15) is 5.10 Å². The fourth-order valence-electron chi connectivity index (χ4n) is 2.93. The fraction of sp³-hybridized carbons (Fsp3) is 0.250. The quantitative estimate of drug-likeness (QED) is 0.706. The van der Waals surface area contributed by atoms with E-state index < -0.39 is 5.97 Å². The summed E-state index contributed by atoms with van der Waals surface area (Å²) in [6.07, 6.45) is 0.503. The molecule has 2 aromatic heterocycles. The van der Waals surface area contributed by atoms with Gasteiger partial charge in [0.25, 0.3) is 0 Å². The van der Waals surface area contributed by atoms with Gasteiger partial charge in [0.2, 0.25) is 0 Å². The molecule has 6 heteroatoms. The van der Waals surface area contributed by atoms with Crippen LogP contribution in [0.1, 0.15) is 28.9 Å². The normalized spacial score (nSPS) is 10.6. The molecule has 2 N–H and O–H groups in total. The fourth-order valence-corrected chi connectivity index (χ4v) is 2.93. The van der Waals surface area contributed by atoms with Crippen LogP contribution >= 0.6 is 0 Å². The summed E-state index contributed by atoms with van der Waals surface area (Å²) in [5.74, 6) is 4.66. The smallest absolute Gasteiger partial charge is 0.303 e. The van der Waals surface area contributed by atoms with Crippen molar-refractivity contribution in [3.05, 3.63) is 52.8 Å². The summed E-state index contributed by atoms with van der Waals surface area (Å²) in [5.41, 5.74) is 5.95. The number of aliphatic hydroxyl groups excluding tert-OH is 1. The molecule has 6 nitrogen and oxygen atoms in total. The molecule has 0 spiro atoms. The van der Waals surface area contributed by atoms with Crippen LogP contribution in [-0.4, -0.2) is 37.4 Å². The second kappa shape index (κ2) is 7.38. The zero-order valence-electron chi connectivity index (χ0n) is 14.7. The van der Waals surface area contributed by atoms with Crippen LogP contribution in [0.25, 0.3) is 16.9 Å². The zero-order chi connectivity index (χ0) is 18.7. The van der Waals surface area contributed by atoms with E-state index in [0.29, 0.717) is 6.42 Å². The zero-order valence-corrected chi connectivity index (χ0v) is 14.7. The summed E-state index contributed by atoms with van der Waals surface area (Å²) in [6, 6.07) is 9.53. The number of aliphatic hydroxyl groups is 1. The van der Waals surface area contributed by atoms with Gasteiger partial charge in [-0.3, -0.25) is 4.79 Å². The van der Waals surface area contributed by atoms with E-state index in [9.17, 15) is 4.79 Å². The number of hydrogen-bond acceptors (Lipinski definition) is 4. The van der Waals surface area contributed by atoms with Gasteiger partial charge < -0.3 is 10.2 Å². The van der Waals surface area contributed by atoms with Crippen LogP contribution in [0.4, 0.5) is 0 Å². The minimum Gasteiger partial charge on any atom is -0.481 e. The highest BCUT2D eigenvalue weighted by atomic mass is 16.4. The predicted octanol–water partition coefficient (Wildman–Crippen LogP) is 2.37. The molecule has 132 valence electrons. The first-order valence-electron chi connectivity index (χ1n) is 8.27. The first-order chi connectivity index (χ1) is 12.5. The maximum atomic E-state index is 10.9. The van der Waals surface area contributed by atoms with Crippen molar-refractivity contribution in [1.82, 2.24) is 14.6 Å². The molecule has 1 aromatic carbocycles. The van der Waals surface area contributed by atoms with Crippen LogP contribution in [0.15, 0.2) is 30.3 Å². The Hall–Kier alpha value is -3.17. The van der Waals surface area contributed by atoms with E-state index in [1.807, 2.05) is 44.2 Å². The van der Waals surface area contributed by atoms with Crippen LogP contribution in [0.2, 0.25) is 0 Å². The minimum absolute atomic E-state index is 0.0688. The summed E-state index contributed by atoms with van der Waals surface area (Å²) in [7, 11) is 0. The molecule has 0 saturated carbocycles. The maximum absolute atomic E-state index is 10.9. The van der Waals surface area contributed by atoms with Crippen molar-refractivity contribution >= 4 is 11.6 Å². The van der Waals surface area contributed by atoms with Crippen LogP contribution in [-0.2, 0) is 11.2 Å². The van der Waals surface area contributed by atoms with Crippen LogP contribution in [0.3, 0.4) is 0 Å². The van der Waals surface area contributed by atoms with Gasteiger partial charge in [0.15, 0.2) is 5.65 Å². The monoisotopic (exact) mass is 349 g/mol. The van der Waals surface area contributed by atoms with Gasteiger partial charge >= 0.3 is 5.97 Å². The molecule has 3 rings (SSSR count). The number of aromatic nitrogens is 3. The van der Waals surface area contributed by atoms with Crippen molar-refractivity contribution in [1.29, 1.82) is 0 Å². The molecule has 0 amide bonds. The molecule has 0 saturated heterocycles. The first-order valence-corrected chi connectivity index (χ1v) is 8.27. The van der Waals surface area contributed by atoms with E-state index in [2.05, 4.69) is 21.9 Å². The molecule has 0 radical (unpaired) electrons. The van der Waals surface area contributed by atoms with E-state index >= 15 is 0 Å². The molecular formula is C20H19N3O3. The van der Waals surface area contributed by atoms with Gasteiger partial charge in [-0.1, -0.05) is 24.0 Å². The van der Waals surface area contributed by atoms with Crippen LogP contribution < -0.4 is 0 Å². The highest BCUT2D eigenvalue weighted by Crippen LogP contribution is 2.23. The number of aryl methyl sites for hydroxylation is 2. The van der Waals surface area contributed by atoms with E-state index in [4.69, 9.17) is 10.2 Å². The molecule has 0 bridgehead atoms. The Labute approximate surface area is 151 Å². The predicted molar refractivity (Wildman–Crippen MR) is 97.8 cm³/mol. The summed E-state index contributed by atoms with van der Waals surface area (Å²) in [5, 5.41) is 22.3. The van der Waals surface area contributed by atoms with Gasteiger partial charge in [-0.15, -0.1) is 0 Å². The van der Waals surface area contributed by atoms with Gasteiger partial charge in [-0.05, 0) is 38.0 Å². The Bertz CT molecular complexity index is 1020. The van der Waals surface area contributed by atoms with E-state index in [1.54, 1.807) is 4.52 Å². The largest absolute Gasteiger partial charge is 0.481 e. The third-order valence-corrected chi connectivity index (χ3v) is 4.25. The molecule has 0 aliphatic carbocycles. The Morgan fingerprint density at radius 2 is 1.96 bits per heavy atom. The molecule has 26 heavy (non-hydrogen) atoms. The number of carbonyl (C=O) groups is 1. The lowest BCUT2D eigenvalue weighted by molar-refractivity contribution is -0.136. The third kappa shape index (κ3) is 3.58. The molecular weight excluding hydrogens is 330 g/mol. The van der Waals surface area contributed by atoms with E-state index in [0.717, 1.165) is 39.4 Å². The number of nitrogens with zero attached hydrogens (tertiary/aromatic N) is 3. The third-order valence-electron chi connectivity index (χ3n) is 4.25. The number of fused-ring (bicyclic) bond motifs is 1. The van der Waals surface area contributed by atoms with Crippen molar-refractivity contribution in [2.75, 3.05) is 6.61 Å². The average Bonchev–Trinajstić information content (AvgIpc) is 3.04. The van der Waals surface area contributed by atoms with Gasteiger partial charge in [0.05, 0.1) is 5.69 Å². The van der Waals surface area contributed by atoms with Crippen LogP contribution in [0.5, 0.6) is 0 Å². The van der Waals surface area contributed by atoms with E-state index in [-0.39, 0.29) is 13.0 Å². The van der Waals surface area contributed by atoms with Crippen molar-refractivity contribution in [2.45, 2.75) is 26.7 Å². The van der Waals surface area contributed by atoms with Gasteiger partial charge in [-0.25, -0.2) is 9.50 Å². The molecule has 0 aliphatic heterocycles. The second-order valence-electron chi connectivity index (χ2n) is 5.99. The minimum atomic E-state index is -0.825. The summed E-state index contributed by atoms with van der Waals surface area (Å²) in [6.45, 7) is 3.66. The van der Waals surface area contributed by atoms with Crippen molar-refractivity contribution in [3.63, 3.8) is 0 Å². The van der Waals surface area contributed by atoms with Gasteiger partial charge in [0, 0.05) is 35.0 Å². The average molecular weight is 349 g/mol. The lowest BCUT2D eigenvalue weighted by Gasteiger charge is -2.09. The molecule has 0 atom stereocenters. The Kier molecular flexibility index (Phi) is 5.01. The van der Waals surface area contributed by atoms with Crippen LogP contribution in [0, 0.1) is 25.7 Å². The second-order valence-corrected chi connectivity index (χ2v) is 5.99. The number of hydrogen-bond donors (Lipinski definition) is 2. The summed E-state index contributed by atoms with van der Waals surface area (Å²) in [4.78, 5) is 15.5. The van der Waals surface area contributed by atoms with Crippen molar-refractivity contribution < 1.29 is 15.0 Å². The number of benzene rings is 1. The molecule has 0 unspecified atom stereocenters. The number of carboxylic acid groups (broad SMARTS) is 1. The molecule has 0 aliphatic rings. The lowest BCUT2D eigenvalue weighted by Crippen LogP contribution is -2.07. The first kappa shape index (κ1) is 17.6. The lowest BCUT2D eigenvalue weighted by atomic mass is 10.1. The molecule has 3 aromatic rings. The molecule has 2 heterocycles. The molecule has 0 fully saturated rings. The highest BCUT2D eigenvalue weighted by Gasteiger charge is 2.14. The standard InChI is InChI=1S/C20H19N3O3/c1-13-17(9-10-20(25)26)14(2)23-19(21-13)12-18(22-23)16-7-5-15(6-8-16)4-3-11-24/h5-8,12,24H,9-11H2,1-2H3,(H,25,26). The highest BCUT2D eigenvalue weighted by molar-refractivity contribution is 5.68. The number of aliphatic carboxylic acids is 1. The summed E-state index contributed by atoms with van der Waals surface area (Å²) < 4.78 is 1.76. The Morgan fingerprint density at radius 3 is 2.62 bits per heavy atom. The SMILES string of the molecule is Cc1nc2cc(-c3ccc(C#CCO)cc3)nn2c(C)c1CCC(=O)O.